The van der Waals surface area contributed by atoms with Gasteiger partial charge in [-0.1, -0.05) is 20.8 Å². The molecule has 0 spiro atoms. The third-order valence-corrected chi connectivity index (χ3v) is 3.80. The first kappa shape index (κ1) is 16.6. The van der Waals surface area contributed by atoms with E-state index in [2.05, 4.69) is 40.6 Å². The van der Waals surface area contributed by atoms with Crippen LogP contribution in [0.3, 0.4) is 0 Å². The van der Waals surface area contributed by atoms with E-state index in [0.717, 1.165) is 28.7 Å². The number of fused-ring (bicyclic) bond motifs is 1. The zero-order chi connectivity index (χ0) is 18.4. The van der Waals surface area contributed by atoms with Crippen LogP contribution in [-0.4, -0.2) is 24.4 Å². The highest BCUT2D eigenvalue weighted by Gasteiger charge is 2.21. The summed E-state index contributed by atoms with van der Waals surface area (Å²) >= 11 is 0. The summed E-state index contributed by atoms with van der Waals surface area (Å²) in [5.74, 6) is 0.987. The lowest BCUT2D eigenvalue weighted by Gasteiger charge is -2.17. The predicted molar refractivity (Wildman–Crippen MR) is 95.8 cm³/mol. The highest BCUT2D eigenvalue weighted by molar-refractivity contribution is 5.81. The Morgan fingerprint density at radius 2 is 2.00 bits per heavy atom. The summed E-state index contributed by atoms with van der Waals surface area (Å²) in [6.07, 6.45) is 1.08. The van der Waals surface area contributed by atoms with Gasteiger partial charge in [0.1, 0.15) is 12.0 Å². The highest BCUT2D eigenvalue weighted by Crippen LogP contribution is 2.28. The molecule has 9 heteroatoms. The molecule has 3 aromatic rings. The fourth-order valence-electron chi connectivity index (χ4n) is 2.67. The highest BCUT2D eigenvalue weighted by atomic mass is 16.6. The summed E-state index contributed by atoms with van der Waals surface area (Å²) in [6.45, 7) is 6.34. The van der Waals surface area contributed by atoms with Crippen molar-refractivity contribution in [2.75, 3.05) is 11.1 Å². The summed E-state index contributed by atoms with van der Waals surface area (Å²) in [5.41, 5.74) is 7.77. The van der Waals surface area contributed by atoms with Crippen LogP contribution in [0.15, 0.2) is 24.4 Å². The van der Waals surface area contributed by atoms with E-state index in [0.29, 0.717) is 0 Å². The number of aryl methyl sites for hydroxylation is 1. The van der Waals surface area contributed by atoms with Gasteiger partial charge in [0.05, 0.1) is 16.0 Å². The Kier molecular flexibility index (Phi) is 3.78. The van der Waals surface area contributed by atoms with Crippen molar-refractivity contribution in [1.82, 2.24) is 19.5 Å². The minimum atomic E-state index is -0.618. The van der Waals surface area contributed by atoms with Crippen LogP contribution < -0.4 is 11.1 Å². The number of benzene rings is 1. The molecule has 3 rings (SSSR count). The van der Waals surface area contributed by atoms with Crippen LogP contribution in [0, 0.1) is 10.1 Å². The smallest absolute Gasteiger partial charge is 0.329 e. The van der Waals surface area contributed by atoms with Gasteiger partial charge < -0.3 is 15.6 Å². The van der Waals surface area contributed by atoms with Crippen LogP contribution in [0.2, 0.25) is 0 Å². The quantitative estimate of drug-likeness (QED) is 0.554. The van der Waals surface area contributed by atoms with E-state index in [-0.39, 0.29) is 22.9 Å². The maximum atomic E-state index is 10.8. The third kappa shape index (κ3) is 3.08. The Bertz CT molecular complexity index is 973. The second kappa shape index (κ2) is 5.69. The molecule has 0 saturated heterocycles. The fourth-order valence-corrected chi connectivity index (χ4v) is 2.67. The minimum Gasteiger partial charge on any atom is -0.378 e. The molecule has 0 fully saturated rings. The summed E-state index contributed by atoms with van der Waals surface area (Å²) < 4.78 is 2.07. The van der Waals surface area contributed by atoms with E-state index >= 15 is 0 Å². The molecule has 0 amide bonds. The van der Waals surface area contributed by atoms with Crippen molar-refractivity contribution in [2.24, 2.45) is 7.05 Å². The van der Waals surface area contributed by atoms with E-state index in [1.54, 1.807) is 0 Å². The van der Waals surface area contributed by atoms with Crippen LogP contribution in [0.5, 0.6) is 0 Å². The molecule has 0 bridgehead atoms. The SMILES string of the molecule is Cn1c(C(C)(C)C)nc2cc(Nc3ncc([N+](=O)[O-])c(N)n3)ccc21. The lowest BCUT2D eigenvalue weighted by molar-refractivity contribution is -0.384. The Labute approximate surface area is 144 Å². The maximum absolute atomic E-state index is 10.8. The number of imidazole rings is 1. The third-order valence-electron chi connectivity index (χ3n) is 3.80. The number of anilines is 3. The first-order valence-electron chi connectivity index (χ1n) is 7.67. The van der Waals surface area contributed by atoms with Gasteiger partial charge >= 0.3 is 5.69 Å². The zero-order valence-corrected chi connectivity index (χ0v) is 14.4. The number of aromatic nitrogens is 4. The zero-order valence-electron chi connectivity index (χ0n) is 14.4. The Morgan fingerprint density at radius 3 is 2.60 bits per heavy atom. The molecule has 0 atom stereocenters. The number of nitro groups is 1. The van der Waals surface area contributed by atoms with E-state index in [1.807, 2.05) is 25.2 Å². The number of hydrogen-bond donors (Lipinski definition) is 2. The second-order valence-corrected chi connectivity index (χ2v) is 6.79. The van der Waals surface area contributed by atoms with Crippen molar-refractivity contribution >= 4 is 34.2 Å². The maximum Gasteiger partial charge on any atom is 0.329 e. The van der Waals surface area contributed by atoms with E-state index in [9.17, 15) is 10.1 Å². The van der Waals surface area contributed by atoms with E-state index in [4.69, 9.17) is 10.7 Å². The van der Waals surface area contributed by atoms with Crippen molar-refractivity contribution in [3.63, 3.8) is 0 Å². The molecule has 9 nitrogen and oxygen atoms in total. The van der Waals surface area contributed by atoms with E-state index < -0.39 is 4.92 Å². The number of nitrogens with two attached hydrogens (primary N) is 1. The van der Waals surface area contributed by atoms with Crippen LogP contribution in [0.25, 0.3) is 11.0 Å². The monoisotopic (exact) mass is 341 g/mol. The first-order chi connectivity index (χ1) is 11.7. The minimum absolute atomic E-state index is 0.0721. The van der Waals surface area contributed by atoms with Crippen molar-refractivity contribution in [3.05, 3.63) is 40.3 Å². The van der Waals surface area contributed by atoms with Crippen molar-refractivity contribution < 1.29 is 4.92 Å². The lowest BCUT2D eigenvalue weighted by Crippen LogP contribution is -2.17. The molecule has 0 aliphatic heterocycles. The van der Waals surface area contributed by atoms with Crippen LogP contribution in [0.4, 0.5) is 23.1 Å². The van der Waals surface area contributed by atoms with Gasteiger partial charge in [0.25, 0.3) is 0 Å². The van der Waals surface area contributed by atoms with Gasteiger partial charge in [-0.15, -0.1) is 0 Å². The Balaban J connectivity index is 1.95. The van der Waals surface area contributed by atoms with Crippen molar-refractivity contribution in [2.45, 2.75) is 26.2 Å². The largest absolute Gasteiger partial charge is 0.378 e. The molecule has 25 heavy (non-hydrogen) atoms. The average molecular weight is 341 g/mol. The molecule has 0 saturated carbocycles. The average Bonchev–Trinajstić information content (AvgIpc) is 2.84. The predicted octanol–water partition coefficient (Wildman–Crippen LogP) is 2.89. The van der Waals surface area contributed by atoms with Gasteiger partial charge in [0, 0.05) is 18.2 Å². The standard InChI is InChI=1S/C16H19N7O2/c1-16(2,3)14-20-10-7-9(5-6-11(10)22(14)4)19-15-18-8-12(23(24)25)13(17)21-15/h5-8H,1-4H3,(H3,17,18,19,21). The van der Waals surface area contributed by atoms with Gasteiger partial charge in [0.15, 0.2) is 0 Å². The number of nitrogens with zero attached hydrogens (tertiary/aromatic N) is 5. The van der Waals surface area contributed by atoms with Crippen molar-refractivity contribution in [3.8, 4) is 0 Å². The summed E-state index contributed by atoms with van der Waals surface area (Å²) in [7, 11) is 1.99. The van der Waals surface area contributed by atoms with Crippen LogP contribution in [-0.2, 0) is 12.5 Å². The molecule has 0 unspecified atom stereocenters. The van der Waals surface area contributed by atoms with Gasteiger partial charge in [-0.3, -0.25) is 10.1 Å². The molecule has 3 N–H and O–H groups in total. The molecular formula is C16H19N7O2. The molecule has 130 valence electrons. The van der Waals surface area contributed by atoms with Gasteiger partial charge in [-0.05, 0) is 18.2 Å². The lowest BCUT2D eigenvalue weighted by atomic mass is 9.96. The Hall–Kier alpha value is -3.23. The first-order valence-corrected chi connectivity index (χ1v) is 7.67. The normalized spacial score (nSPS) is 11.7. The van der Waals surface area contributed by atoms with Gasteiger partial charge in [-0.2, -0.15) is 4.98 Å². The number of hydrogen-bond acceptors (Lipinski definition) is 7. The van der Waals surface area contributed by atoms with Crippen LogP contribution in [0.1, 0.15) is 26.6 Å². The molecule has 0 aliphatic rings. The fraction of sp³-hybridized carbons (Fsp3) is 0.312. The van der Waals surface area contributed by atoms with Crippen molar-refractivity contribution in [1.29, 1.82) is 0 Å². The molecular weight excluding hydrogens is 322 g/mol. The topological polar surface area (TPSA) is 125 Å². The summed E-state index contributed by atoms with van der Waals surface area (Å²) in [5, 5.41) is 13.8. The molecule has 0 aliphatic carbocycles. The van der Waals surface area contributed by atoms with Gasteiger partial charge in [0.2, 0.25) is 11.8 Å². The van der Waals surface area contributed by atoms with Crippen LogP contribution >= 0.6 is 0 Å². The molecule has 0 radical (unpaired) electrons. The molecule has 1 aromatic carbocycles. The number of nitrogen functional groups attached to an aromatic ring is 1. The number of rotatable bonds is 3. The second-order valence-electron chi connectivity index (χ2n) is 6.79. The van der Waals surface area contributed by atoms with Gasteiger partial charge in [-0.25, -0.2) is 9.97 Å². The molecule has 2 aromatic heterocycles. The molecule has 2 heterocycles. The van der Waals surface area contributed by atoms with E-state index in [1.165, 1.54) is 0 Å². The number of nitrogens with one attached hydrogen (secondary N) is 1. The summed E-state index contributed by atoms with van der Waals surface area (Å²) in [4.78, 5) is 22.7. The Morgan fingerprint density at radius 1 is 1.28 bits per heavy atom. The summed E-state index contributed by atoms with van der Waals surface area (Å²) in [6, 6.07) is 5.71.